The number of nitrogens with zero attached hydrogens (tertiary/aromatic N) is 1. The molecule has 1 aromatic heterocycles. The highest BCUT2D eigenvalue weighted by Gasteiger charge is 2.06. The summed E-state index contributed by atoms with van der Waals surface area (Å²) in [5.41, 5.74) is 2.97. The molecule has 0 bridgehead atoms. The molecule has 0 saturated heterocycles. The van der Waals surface area contributed by atoms with E-state index in [4.69, 9.17) is 0 Å². The molecule has 0 radical (unpaired) electrons. The molecule has 1 aromatic carbocycles. The van der Waals surface area contributed by atoms with Crippen LogP contribution in [0.3, 0.4) is 0 Å². The molecule has 0 aliphatic heterocycles. The number of rotatable bonds is 3. The van der Waals surface area contributed by atoms with Gasteiger partial charge in [-0.2, -0.15) is 0 Å². The van der Waals surface area contributed by atoms with Crippen LogP contribution >= 0.6 is 0 Å². The number of hydrogen-bond donors (Lipinski definition) is 1. The van der Waals surface area contributed by atoms with Crippen LogP contribution in [0.25, 0.3) is 23.5 Å². The fourth-order valence-electron chi connectivity index (χ4n) is 1.58. The Hall–Kier alpha value is -2.09. The van der Waals surface area contributed by atoms with E-state index in [1.807, 2.05) is 49.4 Å². The lowest BCUT2D eigenvalue weighted by Gasteiger charge is -1.93. The van der Waals surface area contributed by atoms with E-state index in [0.29, 0.717) is 0 Å². The quantitative estimate of drug-likeness (QED) is 0.821. The Labute approximate surface area is 95.4 Å². The number of nitrogens with one attached hydrogen (secondary N) is 1. The summed E-state index contributed by atoms with van der Waals surface area (Å²) in [6.45, 7) is 5.75. The fraction of sp³-hybridized carbons (Fsp3) is 0.0714. The highest BCUT2D eigenvalue weighted by molar-refractivity contribution is 5.65. The lowest BCUT2D eigenvalue weighted by Crippen LogP contribution is -1.78. The minimum atomic E-state index is 0.878. The fourth-order valence-corrected chi connectivity index (χ4v) is 1.58. The summed E-state index contributed by atoms with van der Waals surface area (Å²) in [5.74, 6) is 0.878. The molecule has 0 aliphatic rings. The second-order valence-corrected chi connectivity index (χ2v) is 3.45. The van der Waals surface area contributed by atoms with Crippen molar-refractivity contribution in [2.45, 2.75) is 6.92 Å². The van der Waals surface area contributed by atoms with E-state index in [1.54, 1.807) is 6.08 Å². The van der Waals surface area contributed by atoms with E-state index >= 15 is 0 Å². The van der Waals surface area contributed by atoms with Crippen molar-refractivity contribution in [2.24, 2.45) is 0 Å². The number of benzene rings is 1. The first-order valence-corrected chi connectivity index (χ1v) is 5.25. The predicted octanol–water partition coefficient (Wildman–Crippen LogP) is 3.75. The standard InChI is InChI=1S/C14H14N2/c1-3-8-13-12(4-2)15-14(16-13)11-9-6-5-7-10-11/h3-10H,2H2,1H3,(H,15,16)/b8-3-. The number of allylic oxidation sites excluding steroid dienone is 1. The largest absolute Gasteiger partial charge is 0.338 e. The first kappa shape index (κ1) is 10.4. The molecule has 2 nitrogen and oxygen atoms in total. The molecular formula is C14H14N2. The second kappa shape index (κ2) is 4.62. The molecule has 2 rings (SSSR count). The molecule has 2 heteroatoms. The second-order valence-electron chi connectivity index (χ2n) is 3.45. The molecule has 0 aliphatic carbocycles. The Balaban J connectivity index is 2.48. The molecule has 0 amide bonds. The van der Waals surface area contributed by atoms with Crippen LogP contribution in [0.2, 0.25) is 0 Å². The Morgan fingerprint density at radius 3 is 2.62 bits per heavy atom. The average Bonchev–Trinajstić information content (AvgIpc) is 2.74. The van der Waals surface area contributed by atoms with Gasteiger partial charge in [-0.3, -0.25) is 0 Å². The van der Waals surface area contributed by atoms with Crippen molar-refractivity contribution in [3.05, 3.63) is 54.4 Å². The van der Waals surface area contributed by atoms with Crippen LogP contribution in [-0.2, 0) is 0 Å². The Bertz CT molecular complexity index is 507. The molecule has 0 spiro atoms. The minimum absolute atomic E-state index is 0.878. The van der Waals surface area contributed by atoms with Crippen LogP contribution < -0.4 is 0 Å². The summed E-state index contributed by atoms with van der Waals surface area (Å²) in [5, 5.41) is 0. The van der Waals surface area contributed by atoms with E-state index in [9.17, 15) is 0 Å². The third-order valence-corrected chi connectivity index (χ3v) is 2.34. The highest BCUT2D eigenvalue weighted by atomic mass is 14.9. The van der Waals surface area contributed by atoms with Crippen molar-refractivity contribution < 1.29 is 0 Å². The number of aromatic amines is 1. The van der Waals surface area contributed by atoms with E-state index in [-0.39, 0.29) is 0 Å². The number of H-pyrrole nitrogens is 1. The van der Waals surface area contributed by atoms with Crippen molar-refractivity contribution in [1.29, 1.82) is 0 Å². The molecule has 2 aromatic rings. The maximum absolute atomic E-state index is 4.49. The van der Waals surface area contributed by atoms with Crippen molar-refractivity contribution in [3.63, 3.8) is 0 Å². The van der Waals surface area contributed by atoms with Gasteiger partial charge in [-0.25, -0.2) is 4.98 Å². The van der Waals surface area contributed by atoms with Crippen LogP contribution in [0.15, 0.2) is 43.0 Å². The van der Waals surface area contributed by atoms with Crippen molar-refractivity contribution in [2.75, 3.05) is 0 Å². The molecule has 1 heterocycles. The summed E-state index contributed by atoms with van der Waals surface area (Å²) in [6.07, 6.45) is 5.74. The van der Waals surface area contributed by atoms with Gasteiger partial charge in [-0.15, -0.1) is 0 Å². The zero-order chi connectivity index (χ0) is 11.4. The summed E-state index contributed by atoms with van der Waals surface area (Å²) < 4.78 is 0. The number of imidazole rings is 1. The Kier molecular flexibility index (Phi) is 3.01. The van der Waals surface area contributed by atoms with Gasteiger partial charge >= 0.3 is 0 Å². The van der Waals surface area contributed by atoms with Crippen molar-refractivity contribution in [1.82, 2.24) is 9.97 Å². The van der Waals surface area contributed by atoms with Gasteiger partial charge in [0.15, 0.2) is 0 Å². The third kappa shape index (κ3) is 1.96. The minimum Gasteiger partial charge on any atom is -0.338 e. The molecule has 0 fully saturated rings. The van der Waals surface area contributed by atoms with Crippen LogP contribution in [-0.4, -0.2) is 9.97 Å². The summed E-state index contributed by atoms with van der Waals surface area (Å²) in [6, 6.07) is 10.1. The lowest BCUT2D eigenvalue weighted by molar-refractivity contribution is 1.30. The molecule has 80 valence electrons. The summed E-state index contributed by atoms with van der Waals surface area (Å²) in [4.78, 5) is 7.77. The van der Waals surface area contributed by atoms with Crippen LogP contribution in [0.5, 0.6) is 0 Å². The van der Waals surface area contributed by atoms with Gasteiger partial charge in [0.1, 0.15) is 5.82 Å². The monoisotopic (exact) mass is 210 g/mol. The first-order valence-electron chi connectivity index (χ1n) is 5.25. The topological polar surface area (TPSA) is 28.7 Å². The normalized spacial score (nSPS) is 10.8. The zero-order valence-electron chi connectivity index (χ0n) is 9.27. The van der Waals surface area contributed by atoms with E-state index in [2.05, 4.69) is 16.5 Å². The molecule has 0 unspecified atom stereocenters. The van der Waals surface area contributed by atoms with Gasteiger partial charge in [-0.05, 0) is 19.1 Å². The maximum Gasteiger partial charge on any atom is 0.138 e. The maximum atomic E-state index is 4.49. The van der Waals surface area contributed by atoms with Crippen LogP contribution in [0.1, 0.15) is 18.3 Å². The molecule has 0 saturated carbocycles. The molecule has 1 N–H and O–H groups in total. The van der Waals surface area contributed by atoms with Gasteiger partial charge in [0.2, 0.25) is 0 Å². The van der Waals surface area contributed by atoms with Gasteiger partial charge < -0.3 is 4.98 Å². The predicted molar refractivity (Wildman–Crippen MR) is 68.8 cm³/mol. The lowest BCUT2D eigenvalue weighted by atomic mass is 10.2. The molecule has 16 heavy (non-hydrogen) atoms. The Morgan fingerprint density at radius 1 is 1.25 bits per heavy atom. The number of hydrogen-bond acceptors (Lipinski definition) is 1. The van der Waals surface area contributed by atoms with E-state index < -0.39 is 0 Å². The zero-order valence-corrected chi connectivity index (χ0v) is 9.27. The first-order chi connectivity index (χ1) is 7.85. The smallest absolute Gasteiger partial charge is 0.138 e. The van der Waals surface area contributed by atoms with Gasteiger partial charge in [-0.1, -0.05) is 43.0 Å². The van der Waals surface area contributed by atoms with Crippen molar-refractivity contribution >= 4 is 12.2 Å². The van der Waals surface area contributed by atoms with Crippen molar-refractivity contribution in [3.8, 4) is 11.4 Å². The average molecular weight is 210 g/mol. The number of aromatic nitrogens is 2. The molecule has 0 atom stereocenters. The van der Waals surface area contributed by atoms with Gasteiger partial charge in [0.25, 0.3) is 0 Å². The van der Waals surface area contributed by atoms with Gasteiger partial charge in [0, 0.05) is 5.56 Å². The van der Waals surface area contributed by atoms with E-state index in [1.165, 1.54) is 0 Å². The SMILES string of the molecule is C=Cc1nc(-c2ccccc2)[nH]c1/C=C\C. The van der Waals surface area contributed by atoms with Crippen LogP contribution in [0.4, 0.5) is 0 Å². The third-order valence-electron chi connectivity index (χ3n) is 2.34. The van der Waals surface area contributed by atoms with Crippen LogP contribution in [0, 0.1) is 0 Å². The summed E-state index contributed by atoms with van der Waals surface area (Å²) >= 11 is 0. The van der Waals surface area contributed by atoms with E-state index in [0.717, 1.165) is 22.8 Å². The summed E-state index contributed by atoms with van der Waals surface area (Å²) in [7, 11) is 0. The Morgan fingerprint density at radius 2 is 2.00 bits per heavy atom. The highest BCUT2D eigenvalue weighted by Crippen LogP contribution is 2.19. The molecular weight excluding hydrogens is 196 g/mol. The van der Waals surface area contributed by atoms with Gasteiger partial charge in [0.05, 0.1) is 11.4 Å².